The molecule has 3 heterocycles. The summed E-state index contributed by atoms with van der Waals surface area (Å²) in [7, 11) is 0. The van der Waals surface area contributed by atoms with Gasteiger partial charge in [-0.15, -0.1) is 0 Å². The number of rotatable bonds is 6. The van der Waals surface area contributed by atoms with Crippen LogP contribution in [0, 0.1) is 5.41 Å². The predicted octanol–water partition coefficient (Wildman–Crippen LogP) is 4.00. The molecule has 1 amide bonds. The highest BCUT2D eigenvalue weighted by Crippen LogP contribution is 2.27. The molecule has 2 aromatic rings. The van der Waals surface area contributed by atoms with Gasteiger partial charge >= 0.3 is 0 Å². The molecule has 1 N–H and O–H groups in total. The Hall–Kier alpha value is -2.81. The van der Waals surface area contributed by atoms with Crippen molar-refractivity contribution in [2.24, 2.45) is 0 Å². The average Bonchev–Trinajstić information content (AvgIpc) is 3.11. The number of hydrogen-bond donors (Lipinski definition) is 1. The van der Waals surface area contributed by atoms with E-state index < -0.39 is 6.43 Å². The zero-order valence-corrected chi connectivity index (χ0v) is 17.4. The number of likely N-dealkylation sites (tertiary alicyclic amines) is 1. The van der Waals surface area contributed by atoms with Crippen LogP contribution in [0.1, 0.15) is 44.9 Å². The smallest absolute Gasteiger partial charge is 0.295 e. The first kappa shape index (κ1) is 21.4. The molecule has 2 saturated heterocycles. The fourth-order valence-corrected chi connectivity index (χ4v) is 4.04. The number of carbonyl (C=O) groups excluding carboxylic acids is 1. The number of imidazole rings is 1. The van der Waals surface area contributed by atoms with Gasteiger partial charge in [0.1, 0.15) is 6.10 Å². The van der Waals surface area contributed by atoms with Crippen LogP contribution in [0.4, 0.5) is 8.78 Å². The topological polar surface area (TPSA) is 80.4 Å². The molecule has 0 saturated carbocycles. The number of hydrogen-bond acceptors (Lipinski definition) is 5. The highest BCUT2D eigenvalue weighted by Gasteiger charge is 2.34. The molecule has 0 spiro atoms. The van der Waals surface area contributed by atoms with E-state index in [1.165, 1.54) is 10.6 Å². The lowest BCUT2D eigenvalue weighted by atomic mass is 10.0. The second-order valence-electron chi connectivity index (χ2n) is 7.98. The van der Waals surface area contributed by atoms with Gasteiger partial charge in [-0.2, -0.15) is 0 Å². The minimum absolute atomic E-state index is 0.000802. The average molecular weight is 432 g/mol. The van der Waals surface area contributed by atoms with Crippen molar-refractivity contribution >= 4 is 28.5 Å². The molecule has 31 heavy (non-hydrogen) atoms. The number of aromatic nitrogens is 2. The van der Waals surface area contributed by atoms with Gasteiger partial charge in [0, 0.05) is 18.4 Å². The number of nitrogens with one attached hydrogen (secondary N) is 1. The van der Waals surface area contributed by atoms with E-state index in [2.05, 4.69) is 4.98 Å². The van der Waals surface area contributed by atoms with Crippen molar-refractivity contribution in [3.8, 4) is 0 Å². The molecule has 2 aliphatic heterocycles. The van der Waals surface area contributed by atoms with Crippen LogP contribution in [0.15, 0.2) is 30.3 Å². The zero-order chi connectivity index (χ0) is 22.0. The van der Waals surface area contributed by atoms with Crippen molar-refractivity contribution in [1.29, 1.82) is 5.41 Å². The molecule has 1 aromatic heterocycles. The molecular weight excluding hydrogens is 406 g/mol. The molecule has 9 heteroatoms. The molecule has 1 aromatic carbocycles. The maximum absolute atomic E-state index is 13.5. The number of alkyl halides is 2. The monoisotopic (exact) mass is 432 g/mol. The second-order valence-corrected chi connectivity index (χ2v) is 7.98. The number of amides is 1. The molecule has 0 radical (unpaired) electrons. The Balaban J connectivity index is 1.34. The van der Waals surface area contributed by atoms with Gasteiger partial charge in [0.25, 0.3) is 6.43 Å². The van der Waals surface area contributed by atoms with Crippen LogP contribution in [-0.4, -0.2) is 58.2 Å². The zero-order valence-electron chi connectivity index (χ0n) is 17.4. The van der Waals surface area contributed by atoms with Crippen LogP contribution >= 0.6 is 0 Å². The van der Waals surface area contributed by atoms with Crippen LogP contribution in [0.25, 0.3) is 16.7 Å². The molecule has 7 nitrogen and oxygen atoms in total. The van der Waals surface area contributed by atoms with E-state index in [0.717, 1.165) is 19.3 Å². The summed E-state index contributed by atoms with van der Waals surface area (Å²) in [4.78, 5) is 18.0. The van der Waals surface area contributed by atoms with E-state index >= 15 is 0 Å². The van der Waals surface area contributed by atoms with Crippen LogP contribution in [0.2, 0.25) is 0 Å². The number of nitrogens with zero attached hydrogens (tertiary/aromatic N) is 3. The SMILES string of the molecule is C/C(=C\C(=N)OC1CN(C(=O)CC2CCCCO2)C1)n1c(C(F)F)nc2ccccc21. The molecule has 2 aliphatic rings. The van der Waals surface area contributed by atoms with E-state index in [9.17, 15) is 13.6 Å². The Kier molecular flexibility index (Phi) is 6.31. The highest BCUT2D eigenvalue weighted by molar-refractivity contribution is 5.92. The van der Waals surface area contributed by atoms with E-state index in [1.54, 1.807) is 36.1 Å². The minimum atomic E-state index is -2.75. The largest absolute Gasteiger partial charge is 0.471 e. The number of para-hydroxylation sites is 2. The van der Waals surface area contributed by atoms with Crippen LogP contribution in [-0.2, 0) is 14.3 Å². The standard InChI is InChI=1S/C22H26F2N4O3/c1-14(28-18-8-3-2-7-17(18)26-22(28)21(23)24)10-19(25)31-16-12-27(13-16)20(29)11-15-6-4-5-9-30-15/h2-3,7-8,10,15-16,21,25H,4-6,9,11-13H2,1H3/b14-10+,25-19?. The van der Waals surface area contributed by atoms with Gasteiger partial charge in [-0.3, -0.25) is 14.8 Å². The number of benzene rings is 1. The lowest BCUT2D eigenvalue weighted by Gasteiger charge is -2.39. The van der Waals surface area contributed by atoms with Gasteiger partial charge in [-0.1, -0.05) is 12.1 Å². The molecule has 166 valence electrons. The normalized spacial score (nSPS) is 20.2. The first-order chi connectivity index (χ1) is 14.9. The lowest BCUT2D eigenvalue weighted by Crippen LogP contribution is -2.55. The van der Waals surface area contributed by atoms with Gasteiger partial charge < -0.3 is 14.4 Å². The van der Waals surface area contributed by atoms with E-state index in [4.69, 9.17) is 14.9 Å². The molecule has 0 bridgehead atoms. The van der Waals surface area contributed by atoms with Crippen molar-refractivity contribution in [2.45, 2.75) is 51.2 Å². The predicted molar refractivity (Wildman–Crippen MR) is 112 cm³/mol. The van der Waals surface area contributed by atoms with E-state index in [0.29, 0.717) is 42.8 Å². The Morgan fingerprint density at radius 2 is 2.13 bits per heavy atom. The number of fused-ring (bicyclic) bond motifs is 1. The Bertz CT molecular complexity index is 992. The molecule has 2 fully saturated rings. The van der Waals surface area contributed by atoms with Crippen molar-refractivity contribution in [1.82, 2.24) is 14.5 Å². The summed E-state index contributed by atoms with van der Waals surface area (Å²) < 4.78 is 39.5. The van der Waals surface area contributed by atoms with E-state index in [-0.39, 0.29) is 29.8 Å². The lowest BCUT2D eigenvalue weighted by molar-refractivity contribution is -0.144. The first-order valence-corrected chi connectivity index (χ1v) is 10.5. The van der Waals surface area contributed by atoms with Gasteiger partial charge in [0.15, 0.2) is 5.82 Å². The molecule has 1 atom stereocenters. The maximum atomic E-state index is 13.5. The second kappa shape index (κ2) is 9.13. The van der Waals surface area contributed by atoms with Crippen molar-refractivity contribution < 1.29 is 23.0 Å². The van der Waals surface area contributed by atoms with Gasteiger partial charge in [0.05, 0.1) is 36.6 Å². The number of halogens is 2. The summed E-state index contributed by atoms with van der Waals surface area (Å²) in [6.07, 6.45) is 1.82. The summed E-state index contributed by atoms with van der Waals surface area (Å²) in [6.45, 7) is 3.18. The molecular formula is C22H26F2N4O3. The summed E-state index contributed by atoms with van der Waals surface area (Å²) in [5.41, 5.74) is 1.42. The Morgan fingerprint density at radius 1 is 1.35 bits per heavy atom. The highest BCUT2D eigenvalue weighted by atomic mass is 19.3. The Labute approximate surface area is 179 Å². The summed E-state index contributed by atoms with van der Waals surface area (Å²) in [5, 5.41) is 8.11. The van der Waals surface area contributed by atoms with Crippen molar-refractivity contribution in [3.63, 3.8) is 0 Å². The first-order valence-electron chi connectivity index (χ1n) is 10.5. The van der Waals surface area contributed by atoms with Gasteiger partial charge in [0.2, 0.25) is 11.8 Å². The summed E-state index contributed by atoms with van der Waals surface area (Å²) >= 11 is 0. The molecule has 4 rings (SSSR count). The van der Waals surface area contributed by atoms with Gasteiger partial charge in [-0.05, 0) is 38.3 Å². The van der Waals surface area contributed by atoms with Crippen molar-refractivity contribution in [2.75, 3.05) is 19.7 Å². The number of carbonyl (C=O) groups is 1. The fourth-order valence-electron chi connectivity index (χ4n) is 4.04. The van der Waals surface area contributed by atoms with Crippen LogP contribution in [0.3, 0.4) is 0 Å². The quantitative estimate of drug-likeness (QED) is 0.553. The molecule has 1 unspecified atom stereocenters. The van der Waals surface area contributed by atoms with Crippen molar-refractivity contribution in [3.05, 3.63) is 36.2 Å². The van der Waals surface area contributed by atoms with E-state index in [1.807, 2.05) is 0 Å². The fraction of sp³-hybridized carbons (Fsp3) is 0.500. The third-order valence-corrected chi connectivity index (χ3v) is 5.65. The van der Waals surface area contributed by atoms with Crippen LogP contribution in [0.5, 0.6) is 0 Å². The third kappa shape index (κ3) is 4.76. The minimum Gasteiger partial charge on any atom is -0.471 e. The Morgan fingerprint density at radius 3 is 2.84 bits per heavy atom. The summed E-state index contributed by atoms with van der Waals surface area (Å²) in [5.74, 6) is -0.465. The maximum Gasteiger partial charge on any atom is 0.295 e. The summed E-state index contributed by atoms with van der Waals surface area (Å²) in [6, 6.07) is 6.87. The molecule has 0 aliphatic carbocycles. The number of allylic oxidation sites excluding steroid dienone is 1. The number of ether oxygens (including phenoxy) is 2. The van der Waals surface area contributed by atoms with Crippen LogP contribution < -0.4 is 0 Å². The van der Waals surface area contributed by atoms with Gasteiger partial charge in [-0.25, -0.2) is 13.8 Å². The third-order valence-electron chi connectivity index (χ3n) is 5.65.